The van der Waals surface area contributed by atoms with Gasteiger partial charge >= 0.3 is 0 Å². The third-order valence-corrected chi connectivity index (χ3v) is 4.64. The van der Waals surface area contributed by atoms with Crippen molar-refractivity contribution in [2.45, 2.75) is 57.2 Å². The Bertz CT molecular complexity index is 476. The molecule has 1 saturated carbocycles. The first-order valence-corrected chi connectivity index (χ1v) is 8.40. The van der Waals surface area contributed by atoms with E-state index in [0.717, 1.165) is 24.8 Å². The summed E-state index contributed by atoms with van der Waals surface area (Å²) in [6, 6.07) is 6.74. The molecule has 4 nitrogen and oxygen atoms in total. The van der Waals surface area contributed by atoms with E-state index in [1.165, 1.54) is 19.3 Å². The van der Waals surface area contributed by atoms with Crippen LogP contribution in [0.1, 0.15) is 44.1 Å². The molecule has 1 fully saturated rings. The maximum Gasteiger partial charge on any atom is 0.250 e. The Balaban J connectivity index is 0.00000264. The lowest BCUT2D eigenvalue weighted by atomic mass is 9.84. The Morgan fingerprint density at radius 2 is 1.87 bits per heavy atom. The zero-order valence-corrected chi connectivity index (χ0v) is 14.8. The van der Waals surface area contributed by atoms with Crippen molar-refractivity contribution in [1.82, 2.24) is 5.32 Å². The van der Waals surface area contributed by atoms with Gasteiger partial charge in [0.15, 0.2) is 0 Å². The normalized spacial score (nSPS) is 17.9. The molecule has 4 N–H and O–H groups in total. The van der Waals surface area contributed by atoms with Crippen molar-refractivity contribution in [2.75, 3.05) is 0 Å². The molecule has 23 heavy (non-hydrogen) atoms. The number of amides is 1. The van der Waals surface area contributed by atoms with Gasteiger partial charge in [0.05, 0.1) is 0 Å². The highest BCUT2D eigenvalue weighted by molar-refractivity contribution is 6.30. The topological polar surface area (TPSA) is 75.3 Å². The predicted octanol–water partition coefficient (Wildman–Crippen LogP) is 3.04. The Morgan fingerprint density at radius 1 is 1.26 bits per heavy atom. The number of carbonyl (C=O) groups excluding carboxylic acids is 1. The van der Waals surface area contributed by atoms with Gasteiger partial charge < -0.3 is 16.2 Å². The number of aliphatic hydroxyl groups excluding tert-OH is 1. The predicted molar refractivity (Wildman–Crippen MR) is 95.7 cm³/mol. The summed E-state index contributed by atoms with van der Waals surface area (Å²) in [7, 11) is 0. The fourth-order valence-electron chi connectivity index (χ4n) is 3.03. The number of aliphatic hydroxyl groups is 1. The van der Waals surface area contributed by atoms with Gasteiger partial charge in [-0.15, -0.1) is 12.4 Å². The average Bonchev–Trinajstić information content (AvgIpc) is 2.54. The molecular weight excluding hydrogens is 335 g/mol. The summed E-state index contributed by atoms with van der Waals surface area (Å²) in [6.45, 7) is 0.364. The molecule has 0 bridgehead atoms. The Morgan fingerprint density at radius 3 is 2.48 bits per heavy atom. The minimum Gasteiger partial charge on any atom is -0.382 e. The van der Waals surface area contributed by atoms with E-state index in [-0.39, 0.29) is 12.4 Å². The average molecular weight is 361 g/mol. The van der Waals surface area contributed by atoms with E-state index in [1.54, 1.807) is 12.1 Å². The number of carbonyl (C=O) groups is 1. The van der Waals surface area contributed by atoms with Crippen molar-refractivity contribution in [2.24, 2.45) is 11.7 Å². The number of hydrogen-bond donors (Lipinski definition) is 3. The number of nitrogens with one attached hydrogen (secondary N) is 1. The summed E-state index contributed by atoms with van der Waals surface area (Å²) in [5, 5.41) is 13.5. The zero-order valence-electron chi connectivity index (χ0n) is 13.2. The van der Waals surface area contributed by atoms with Gasteiger partial charge in [0.25, 0.3) is 5.91 Å². The molecule has 1 amide bonds. The first-order chi connectivity index (χ1) is 10.6. The van der Waals surface area contributed by atoms with Crippen LogP contribution < -0.4 is 11.1 Å². The van der Waals surface area contributed by atoms with Crippen molar-refractivity contribution < 1.29 is 9.90 Å². The molecule has 0 aromatic heterocycles. The van der Waals surface area contributed by atoms with E-state index in [9.17, 15) is 9.90 Å². The van der Waals surface area contributed by atoms with Crippen LogP contribution in [0.25, 0.3) is 0 Å². The second-order valence-corrected chi connectivity index (χ2v) is 6.63. The van der Waals surface area contributed by atoms with Crippen LogP contribution in [0.2, 0.25) is 5.02 Å². The number of benzene rings is 1. The molecule has 1 aliphatic carbocycles. The molecule has 1 aromatic carbocycles. The van der Waals surface area contributed by atoms with Crippen LogP contribution in [0.5, 0.6) is 0 Å². The molecule has 0 spiro atoms. The summed E-state index contributed by atoms with van der Waals surface area (Å²) >= 11 is 5.82. The van der Waals surface area contributed by atoms with Crippen molar-refractivity contribution in [3.8, 4) is 0 Å². The largest absolute Gasteiger partial charge is 0.382 e. The summed E-state index contributed by atoms with van der Waals surface area (Å²) in [5.74, 6) is 0.140. The fourth-order valence-corrected chi connectivity index (χ4v) is 3.15. The van der Waals surface area contributed by atoms with Crippen LogP contribution in [0, 0.1) is 5.92 Å². The maximum atomic E-state index is 12.0. The van der Waals surface area contributed by atoms with E-state index in [1.807, 2.05) is 12.1 Å². The Hall–Kier alpha value is -0.810. The second-order valence-electron chi connectivity index (χ2n) is 6.19. The van der Waals surface area contributed by atoms with Crippen LogP contribution in [0.3, 0.4) is 0 Å². The van der Waals surface area contributed by atoms with Crippen molar-refractivity contribution >= 4 is 29.9 Å². The quantitative estimate of drug-likeness (QED) is 0.729. The lowest BCUT2D eigenvalue weighted by molar-refractivity contribution is -0.130. The molecule has 2 rings (SSSR count). The van der Waals surface area contributed by atoms with Gasteiger partial charge in [-0.25, -0.2) is 0 Å². The summed E-state index contributed by atoms with van der Waals surface area (Å²) in [4.78, 5) is 12.0. The summed E-state index contributed by atoms with van der Waals surface area (Å²) in [5.41, 5.74) is 6.95. The van der Waals surface area contributed by atoms with Crippen LogP contribution in [-0.4, -0.2) is 23.2 Å². The molecular formula is C17H26Cl2N2O2. The smallest absolute Gasteiger partial charge is 0.250 e. The lowest BCUT2D eigenvalue weighted by Gasteiger charge is -2.26. The molecule has 0 radical (unpaired) electrons. The molecule has 6 heteroatoms. The van der Waals surface area contributed by atoms with Crippen molar-refractivity contribution in [3.05, 3.63) is 34.9 Å². The van der Waals surface area contributed by atoms with Gasteiger partial charge in [0, 0.05) is 17.6 Å². The number of halogens is 2. The van der Waals surface area contributed by atoms with Gasteiger partial charge in [-0.3, -0.25) is 4.79 Å². The molecule has 2 atom stereocenters. The van der Waals surface area contributed by atoms with E-state index in [0.29, 0.717) is 17.5 Å². The molecule has 0 aliphatic heterocycles. The SMILES string of the molecule is Cl.N[C@H](CC1CCCCC1)C(O)C(=O)NCc1ccc(Cl)cc1. The van der Waals surface area contributed by atoms with Crippen molar-refractivity contribution in [1.29, 1.82) is 0 Å². The Labute approximate surface area is 149 Å². The molecule has 0 heterocycles. The monoisotopic (exact) mass is 360 g/mol. The van der Waals surface area contributed by atoms with Gasteiger partial charge in [-0.05, 0) is 30.0 Å². The van der Waals surface area contributed by atoms with E-state index >= 15 is 0 Å². The van der Waals surface area contributed by atoms with Gasteiger partial charge in [-0.1, -0.05) is 55.8 Å². The molecule has 130 valence electrons. The highest BCUT2D eigenvalue weighted by Crippen LogP contribution is 2.27. The summed E-state index contributed by atoms with van der Waals surface area (Å²) in [6.07, 6.45) is 5.64. The fraction of sp³-hybridized carbons (Fsp3) is 0.588. The lowest BCUT2D eigenvalue weighted by Crippen LogP contribution is -2.47. The van der Waals surface area contributed by atoms with Crippen molar-refractivity contribution in [3.63, 3.8) is 0 Å². The number of hydrogen-bond acceptors (Lipinski definition) is 3. The number of rotatable bonds is 6. The number of nitrogens with two attached hydrogens (primary N) is 1. The molecule has 1 aliphatic rings. The van der Waals surface area contributed by atoms with Crippen LogP contribution in [0.4, 0.5) is 0 Å². The Kier molecular flexibility index (Phi) is 8.92. The zero-order chi connectivity index (χ0) is 15.9. The molecule has 1 unspecified atom stereocenters. The van der Waals surface area contributed by atoms with E-state index in [2.05, 4.69) is 5.32 Å². The third kappa shape index (κ3) is 6.68. The summed E-state index contributed by atoms with van der Waals surface area (Å²) < 4.78 is 0. The van der Waals surface area contributed by atoms with Gasteiger partial charge in [0.1, 0.15) is 6.10 Å². The highest BCUT2D eigenvalue weighted by atomic mass is 35.5. The first kappa shape index (κ1) is 20.2. The van der Waals surface area contributed by atoms with Crippen LogP contribution >= 0.6 is 24.0 Å². The van der Waals surface area contributed by atoms with Crippen LogP contribution in [0.15, 0.2) is 24.3 Å². The first-order valence-electron chi connectivity index (χ1n) is 8.02. The minimum absolute atomic E-state index is 0. The van der Waals surface area contributed by atoms with E-state index < -0.39 is 18.1 Å². The van der Waals surface area contributed by atoms with Crippen LogP contribution in [-0.2, 0) is 11.3 Å². The third-order valence-electron chi connectivity index (χ3n) is 4.38. The molecule has 1 aromatic rings. The maximum absolute atomic E-state index is 12.0. The standard InChI is InChI=1S/C17H25ClN2O2.ClH/c18-14-8-6-13(7-9-14)11-20-17(22)16(21)15(19)10-12-4-2-1-3-5-12;/h6-9,12,15-16,21H,1-5,10-11,19H2,(H,20,22);1H/t15-,16?;/m1./s1. The van der Waals surface area contributed by atoms with E-state index in [4.69, 9.17) is 17.3 Å². The van der Waals surface area contributed by atoms with Gasteiger partial charge in [0.2, 0.25) is 0 Å². The molecule has 0 saturated heterocycles. The highest BCUT2D eigenvalue weighted by Gasteiger charge is 2.26. The minimum atomic E-state index is -1.14. The van der Waals surface area contributed by atoms with Gasteiger partial charge in [-0.2, -0.15) is 0 Å². The second kappa shape index (κ2) is 10.1.